The molecule has 0 aromatic heterocycles. The Bertz CT molecular complexity index is 743. The highest BCUT2D eigenvalue weighted by Crippen LogP contribution is 2.21. The topological polar surface area (TPSA) is 83.2 Å². The molecule has 0 aliphatic carbocycles. The molecule has 2 saturated heterocycles. The molecule has 3 unspecified atom stereocenters. The van der Waals surface area contributed by atoms with E-state index in [-0.39, 0.29) is 18.1 Å². The Morgan fingerprint density at radius 1 is 1.19 bits per heavy atom. The van der Waals surface area contributed by atoms with Crippen LogP contribution < -0.4 is 11.1 Å². The molecule has 0 saturated carbocycles. The summed E-state index contributed by atoms with van der Waals surface area (Å²) in [5.41, 5.74) is 8.02. The predicted octanol–water partition coefficient (Wildman–Crippen LogP) is 2.35. The first-order valence-electron chi connectivity index (χ1n) is 11.7. The summed E-state index contributed by atoms with van der Waals surface area (Å²) >= 11 is 0. The van der Waals surface area contributed by atoms with Crippen LogP contribution >= 0.6 is 0 Å². The van der Waals surface area contributed by atoms with Gasteiger partial charge in [-0.3, -0.25) is 9.69 Å². The van der Waals surface area contributed by atoms with E-state index in [1.165, 1.54) is 11.1 Å². The summed E-state index contributed by atoms with van der Waals surface area (Å²) in [7, 11) is 0. The lowest BCUT2D eigenvalue weighted by Gasteiger charge is -2.35. The first kappa shape index (κ1) is 23.5. The molecule has 0 spiro atoms. The van der Waals surface area contributed by atoms with Gasteiger partial charge in [-0.2, -0.15) is 0 Å². The molecule has 0 radical (unpaired) electrons. The minimum absolute atomic E-state index is 0.213. The highest BCUT2D eigenvalue weighted by molar-refractivity contribution is 5.80. The molecular formula is C24H39N5O2. The fourth-order valence-electron chi connectivity index (χ4n) is 4.81. The fourth-order valence-corrected chi connectivity index (χ4v) is 4.81. The van der Waals surface area contributed by atoms with Gasteiger partial charge in [0, 0.05) is 45.7 Å². The Labute approximate surface area is 187 Å². The van der Waals surface area contributed by atoms with Gasteiger partial charge in [0.1, 0.15) is 0 Å². The molecule has 1 amide bonds. The number of amides is 1. The van der Waals surface area contributed by atoms with Crippen LogP contribution in [0.5, 0.6) is 0 Å². The molecule has 3 atom stereocenters. The molecule has 2 heterocycles. The lowest BCUT2D eigenvalue weighted by atomic mass is 9.95. The van der Waals surface area contributed by atoms with E-state index >= 15 is 0 Å². The Hall–Kier alpha value is -2.12. The molecule has 7 nitrogen and oxygen atoms in total. The number of benzene rings is 1. The lowest BCUT2D eigenvalue weighted by Crippen LogP contribution is -2.47. The zero-order chi connectivity index (χ0) is 22.2. The molecule has 2 aliphatic heterocycles. The molecule has 1 aromatic rings. The van der Waals surface area contributed by atoms with Gasteiger partial charge in [-0.15, -0.1) is 0 Å². The lowest BCUT2D eigenvalue weighted by molar-refractivity contribution is -0.119. The Morgan fingerprint density at radius 2 is 1.90 bits per heavy atom. The number of nitrogens with two attached hydrogens (primary N) is 1. The average Bonchev–Trinajstić information content (AvgIpc) is 2.71. The van der Waals surface area contributed by atoms with E-state index in [9.17, 15) is 4.79 Å². The Kier molecular flexibility index (Phi) is 8.72. The molecule has 172 valence electrons. The molecular weight excluding hydrogens is 390 g/mol. The number of piperidine rings is 1. The van der Waals surface area contributed by atoms with Crippen molar-refractivity contribution in [3.05, 3.63) is 35.4 Å². The number of nitrogens with one attached hydrogen (secondary N) is 1. The monoisotopic (exact) mass is 429 g/mol. The Morgan fingerprint density at radius 3 is 2.58 bits per heavy atom. The normalized spacial score (nSPS) is 25.5. The van der Waals surface area contributed by atoms with Gasteiger partial charge in [-0.25, -0.2) is 4.99 Å². The quantitative estimate of drug-likeness (QED) is 0.514. The van der Waals surface area contributed by atoms with Crippen molar-refractivity contribution in [1.29, 1.82) is 0 Å². The summed E-state index contributed by atoms with van der Waals surface area (Å²) in [5.74, 6) is 1.03. The molecule has 7 heteroatoms. The zero-order valence-corrected chi connectivity index (χ0v) is 19.3. The van der Waals surface area contributed by atoms with Crippen LogP contribution in [-0.2, 0) is 22.6 Å². The maximum Gasteiger partial charge on any atom is 0.217 e. The van der Waals surface area contributed by atoms with Crippen molar-refractivity contribution in [1.82, 2.24) is 15.1 Å². The largest absolute Gasteiger partial charge is 0.373 e. The van der Waals surface area contributed by atoms with Crippen LogP contribution in [0, 0.1) is 5.92 Å². The molecule has 3 N–H and O–H groups in total. The van der Waals surface area contributed by atoms with E-state index in [0.717, 1.165) is 58.1 Å². The average molecular weight is 430 g/mol. The van der Waals surface area contributed by atoms with Gasteiger partial charge in [-0.1, -0.05) is 24.3 Å². The molecule has 1 aromatic carbocycles. The van der Waals surface area contributed by atoms with Gasteiger partial charge in [0.2, 0.25) is 5.91 Å². The number of nitrogens with zero attached hydrogens (tertiary/aromatic N) is 3. The van der Waals surface area contributed by atoms with Crippen molar-refractivity contribution < 1.29 is 9.53 Å². The number of primary amides is 1. The van der Waals surface area contributed by atoms with E-state index in [4.69, 9.17) is 15.5 Å². The van der Waals surface area contributed by atoms with Gasteiger partial charge >= 0.3 is 0 Å². The first-order chi connectivity index (χ1) is 14.9. The highest BCUT2D eigenvalue weighted by atomic mass is 16.5. The van der Waals surface area contributed by atoms with Crippen molar-refractivity contribution in [2.24, 2.45) is 16.6 Å². The van der Waals surface area contributed by atoms with Gasteiger partial charge in [-0.05, 0) is 50.7 Å². The number of morpholine rings is 1. The second-order valence-electron chi connectivity index (χ2n) is 9.01. The number of likely N-dealkylation sites (tertiary alicyclic amines) is 1. The summed E-state index contributed by atoms with van der Waals surface area (Å²) in [6, 6.07) is 8.60. The number of guanidine groups is 1. The van der Waals surface area contributed by atoms with Crippen molar-refractivity contribution >= 4 is 11.9 Å². The van der Waals surface area contributed by atoms with Crippen molar-refractivity contribution in [3.8, 4) is 0 Å². The van der Waals surface area contributed by atoms with Crippen molar-refractivity contribution in [2.75, 3.05) is 32.7 Å². The number of aliphatic imine (C=N–C) groups is 1. The number of carbonyl (C=O) groups is 1. The summed E-state index contributed by atoms with van der Waals surface area (Å²) < 4.78 is 5.88. The van der Waals surface area contributed by atoms with Crippen LogP contribution in [0.3, 0.4) is 0 Å². The standard InChI is InChI=1S/C24H39N5O2/c1-4-26-24(29-11-7-8-20(16-29)12-23(25)30)27-13-21-9-5-6-10-22(21)17-28-14-18(2)31-19(3)15-28/h5-6,9-10,18-20H,4,7-8,11-17H2,1-3H3,(H2,25,30)(H,26,27). The first-order valence-corrected chi connectivity index (χ1v) is 11.7. The maximum absolute atomic E-state index is 11.4. The smallest absolute Gasteiger partial charge is 0.217 e. The number of carbonyl (C=O) groups excluding carboxylic acids is 1. The predicted molar refractivity (Wildman–Crippen MR) is 125 cm³/mol. The summed E-state index contributed by atoms with van der Waals surface area (Å²) in [6.45, 7) is 12.5. The van der Waals surface area contributed by atoms with Crippen LogP contribution in [0.15, 0.2) is 29.3 Å². The van der Waals surface area contributed by atoms with Crippen molar-refractivity contribution in [2.45, 2.75) is 65.3 Å². The molecule has 3 rings (SSSR count). The molecule has 2 fully saturated rings. The SMILES string of the molecule is CCNC(=NCc1ccccc1CN1CC(C)OC(C)C1)N1CCCC(CC(N)=O)C1. The van der Waals surface area contributed by atoms with Crippen LogP contribution in [0.1, 0.15) is 51.2 Å². The summed E-state index contributed by atoms with van der Waals surface area (Å²) in [5, 5.41) is 3.44. The minimum Gasteiger partial charge on any atom is -0.373 e. The zero-order valence-electron chi connectivity index (χ0n) is 19.3. The van der Waals surface area contributed by atoms with E-state index in [2.05, 4.69) is 60.2 Å². The number of hydrogen-bond acceptors (Lipinski definition) is 4. The maximum atomic E-state index is 11.4. The third-order valence-corrected chi connectivity index (χ3v) is 6.05. The van der Waals surface area contributed by atoms with Crippen LogP contribution in [0.4, 0.5) is 0 Å². The van der Waals surface area contributed by atoms with Gasteiger partial charge in [0.05, 0.1) is 18.8 Å². The van der Waals surface area contributed by atoms with Gasteiger partial charge < -0.3 is 20.7 Å². The fraction of sp³-hybridized carbons (Fsp3) is 0.667. The molecule has 31 heavy (non-hydrogen) atoms. The second kappa shape index (κ2) is 11.5. The second-order valence-corrected chi connectivity index (χ2v) is 9.01. The number of ether oxygens (including phenoxy) is 1. The summed E-state index contributed by atoms with van der Waals surface area (Å²) in [6.07, 6.45) is 3.10. The highest BCUT2D eigenvalue weighted by Gasteiger charge is 2.24. The van der Waals surface area contributed by atoms with E-state index < -0.39 is 0 Å². The van der Waals surface area contributed by atoms with E-state index in [1.54, 1.807) is 0 Å². The molecule has 0 bridgehead atoms. The van der Waals surface area contributed by atoms with Gasteiger partial charge in [0.25, 0.3) is 0 Å². The third-order valence-electron chi connectivity index (χ3n) is 6.05. The third kappa shape index (κ3) is 7.21. The minimum atomic E-state index is -0.213. The summed E-state index contributed by atoms with van der Waals surface area (Å²) in [4.78, 5) is 21.1. The number of rotatable bonds is 7. The van der Waals surface area contributed by atoms with Crippen LogP contribution in [0.25, 0.3) is 0 Å². The van der Waals surface area contributed by atoms with Crippen LogP contribution in [0.2, 0.25) is 0 Å². The van der Waals surface area contributed by atoms with E-state index in [0.29, 0.717) is 18.9 Å². The van der Waals surface area contributed by atoms with Crippen LogP contribution in [-0.4, -0.2) is 66.6 Å². The molecule has 2 aliphatic rings. The Balaban J connectivity index is 1.69. The number of hydrogen-bond donors (Lipinski definition) is 2. The van der Waals surface area contributed by atoms with Crippen molar-refractivity contribution in [3.63, 3.8) is 0 Å². The van der Waals surface area contributed by atoms with Gasteiger partial charge in [0.15, 0.2) is 5.96 Å². The van der Waals surface area contributed by atoms with E-state index in [1.807, 2.05) is 0 Å².